The third-order valence-corrected chi connectivity index (χ3v) is 3.56. The molecule has 0 aromatic heterocycles. The lowest BCUT2D eigenvalue weighted by Gasteiger charge is -2.40. The maximum absolute atomic E-state index is 12.5. The van der Waals surface area contributed by atoms with Crippen LogP contribution < -0.4 is 11.5 Å². The molecule has 0 aromatic carbocycles. The van der Waals surface area contributed by atoms with Crippen LogP contribution in [0.5, 0.6) is 0 Å². The number of hydrogen-bond acceptors (Lipinski definition) is 3. The van der Waals surface area contributed by atoms with Crippen LogP contribution in [0.25, 0.3) is 0 Å². The highest BCUT2D eigenvalue weighted by molar-refractivity contribution is 5.87. The average molecular weight is 257 g/mol. The SMILES string of the molecule is CCCCN(CC(N)=O)C(=O)C(C)(C)C(C)(C)N. The Morgan fingerprint density at radius 1 is 1.17 bits per heavy atom. The summed E-state index contributed by atoms with van der Waals surface area (Å²) in [5, 5.41) is 0. The molecule has 4 N–H and O–H groups in total. The quantitative estimate of drug-likeness (QED) is 0.709. The first-order valence-electron chi connectivity index (χ1n) is 6.40. The van der Waals surface area contributed by atoms with Crippen molar-refractivity contribution in [2.75, 3.05) is 13.1 Å². The van der Waals surface area contributed by atoms with Crippen LogP contribution in [-0.2, 0) is 9.59 Å². The number of rotatable bonds is 7. The van der Waals surface area contributed by atoms with Crippen LogP contribution in [0.15, 0.2) is 0 Å². The molecule has 0 aliphatic heterocycles. The Balaban J connectivity index is 5.00. The van der Waals surface area contributed by atoms with Gasteiger partial charge < -0.3 is 16.4 Å². The first-order valence-corrected chi connectivity index (χ1v) is 6.40. The van der Waals surface area contributed by atoms with E-state index in [4.69, 9.17) is 11.5 Å². The van der Waals surface area contributed by atoms with Gasteiger partial charge in [0.25, 0.3) is 0 Å². The number of nitrogens with two attached hydrogens (primary N) is 2. The molecule has 0 aliphatic rings. The average Bonchev–Trinajstić information content (AvgIpc) is 2.20. The van der Waals surface area contributed by atoms with Crippen molar-refractivity contribution in [1.82, 2.24) is 4.90 Å². The Morgan fingerprint density at radius 2 is 1.67 bits per heavy atom. The lowest BCUT2D eigenvalue weighted by molar-refractivity contribution is -0.145. The minimum atomic E-state index is -0.740. The van der Waals surface area contributed by atoms with Gasteiger partial charge in [-0.25, -0.2) is 0 Å². The molecule has 0 aromatic rings. The third-order valence-electron chi connectivity index (χ3n) is 3.56. The van der Waals surface area contributed by atoms with E-state index < -0.39 is 16.9 Å². The Hall–Kier alpha value is -1.10. The molecular formula is C13H27N3O2. The van der Waals surface area contributed by atoms with E-state index in [2.05, 4.69) is 0 Å². The highest BCUT2D eigenvalue weighted by atomic mass is 16.2. The van der Waals surface area contributed by atoms with Crippen molar-refractivity contribution in [2.24, 2.45) is 16.9 Å². The van der Waals surface area contributed by atoms with E-state index in [1.807, 2.05) is 20.8 Å². The molecular weight excluding hydrogens is 230 g/mol. The smallest absolute Gasteiger partial charge is 0.237 e. The van der Waals surface area contributed by atoms with E-state index in [0.717, 1.165) is 12.8 Å². The standard InChI is InChI=1S/C13H27N3O2/c1-6-7-8-16(9-10(14)17)11(18)12(2,3)13(4,5)15/h6-9,15H2,1-5H3,(H2,14,17). The second kappa shape index (κ2) is 6.18. The second-order valence-electron chi connectivity index (χ2n) is 5.89. The number of nitrogens with zero attached hydrogens (tertiary/aromatic N) is 1. The number of primary amides is 1. The molecule has 106 valence electrons. The maximum atomic E-state index is 12.5. The molecule has 0 spiro atoms. The summed E-state index contributed by atoms with van der Waals surface area (Å²) in [6.45, 7) is 9.76. The van der Waals surface area contributed by atoms with E-state index in [0.29, 0.717) is 6.54 Å². The van der Waals surface area contributed by atoms with Gasteiger partial charge in [0.05, 0.1) is 12.0 Å². The summed E-state index contributed by atoms with van der Waals surface area (Å²) in [5.41, 5.74) is 9.84. The minimum absolute atomic E-state index is 0.0433. The molecule has 0 fully saturated rings. The lowest BCUT2D eigenvalue weighted by Crippen LogP contribution is -2.57. The number of unbranched alkanes of at least 4 members (excludes halogenated alkanes) is 1. The second-order valence-corrected chi connectivity index (χ2v) is 5.89. The van der Waals surface area contributed by atoms with Crippen LogP contribution in [0.1, 0.15) is 47.5 Å². The predicted molar refractivity (Wildman–Crippen MR) is 72.7 cm³/mol. The van der Waals surface area contributed by atoms with Gasteiger partial charge in [-0.05, 0) is 34.1 Å². The van der Waals surface area contributed by atoms with Gasteiger partial charge in [0.2, 0.25) is 11.8 Å². The molecule has 0 heterocycles. The number of hydrogen-bond donors (Lipinski definition) is 2. The number of amides is 2. The maximum Gasteiger partial charge on any atom is 0.237 e. The fourth-order valence-electron chi connectivity index (χ4n) is 1.46. The normalized spacial score (nSPS) is 12.3. The Kier molecular flexibility index (Phi) is 5.80. The molecule has 0 rings (SSSR count). The van der Waals surface area contributed by atoms with Crippen molar-refractivity contribution in [3.63, 3.8) is 0 Å². The van der Waals surface area contributed by atoms with Crippen LogP contribution in [-0.4, -0.2) is 35.3 Å². The van der Waals surface area contributed by atoms with Gasteiger partial charge in [-0.1, -0.05) is 13.3 Å². The molecule has 0 atom stereocenters. The van der Waals surface area contributed by atoms with E-state index in [1.165, 1.54) is 4.90 Å². The van der Waals surface area contributed by atoms with Crippen molar-refractivity contribution in [1.29, 1.82) is 0 Å². The molecule has 0 bridgehead atoms. The van der Waals surface area contributed by atoms with Crippen molar-refractivity contribution in [3.05, 3.63) is 0 Å². The Bertz CT molecular complexity index is 306. The van der Waals surface area contributed by atoms with Gasteiger partial charge in [0, 0.05) is 12.1 Å². The summed E-state index contributed by atoms with van der Waals surface area (Å²) in [6.07, 6.45) is 1.80. The summed E-state index contributed by atoms with van der Waals surface area (Å²) >= 11 is 0. The molecule has 18 heavy (non-hydrogen) atoms. The highest BCUT2D eigenvalue weighted by Gasteiger charge is 2.42. The molecule has 0 radical (unpaired) electrons. The predicted octanol–water partition coefficient (Wildman–Crippen LogP) is 0.864. The first-order chi connectivity index (χ1) is 8.04. The lowest BCUT2D eigenvalue weighted by atomic mass is 9.74. The molecule has 5 nitrogen and oxygen atoms in total. The van der Waals surface area contributed by atoms with Crippen LogP contribution in [0.2, 0.25) is 0 Å². The molecule has 5 heteroatoms. The van der Waals surface area contributed by atoms with Crippen molar-refractivity contribution in [3.8, 4) is 0 Å². The fraction of sp³-hybridized carbons (Fsp3) is 0.846. The fourth-order valence-corrected chi connectivity index (χ4v) is 1.46. The molecule has 0 aliphatic carbocycles. The molecule has 0 saturated carbocycles. The summed E-state index contributed by atoms with van der Waals surface area (Å²) in [7, 11) is 0. The van der Waals surface area contributed by atoms with Gasteiger partial charge in [-0.2, -0.15) is 0 Å². The summed E-state index contributed by atoms with van der Waals surface area (Å²) in [5.74, 6) is -0.618. The van der Waals surface area contributed by atoms with Crippen molar-refractivity contribution in [2.45, 2.75) is 53.0 Å². The minimum Gasteiger partial charge on any atom is -0.368 e. The molecule has 0 unspecified atom stereocenters. The third kappa shape index (κ3) is 4.29. The van der Waals surface area contributed by atoms with E-state index >= 15 is 0 Å². The van der Waals surface area contributed by atoms with Crippen molar-refractivity contribution < 1.29 is 9.59 Å². The van der Waals surface area contributed by atoms with E-state index in [9.17, 15) is 9.59 Å². The number of carbonyl (C=O) groups is 2. The molecule has 0 saturated heterocycles. The van der Waals surface area contributed by atoms with E-state index in [-0.39, 0.29) is 12.5 Å². The topological polar surface area (TPSA) is 89.4 Å². The first kappa shape index (κ1) is 16.9. The summed E-state index contributed by atoms with van der Waals surface area (Å²) < 4.78 is 0. The van der Waals surface area contributed by atoms with Gasteiger partial charge in [0.1, 0.15) is 0 Å². The number of carbonyl (C=O) groups excluding carboxylic acids is 2. The van der Waals surface area contributed by atoms with E-state index in [1.54, 1.807) is 13.8 Å². The van der Waals surface area contributed by atoms with Crippen molar-refractivity contribution >= 4 is 11.8 Å². The van der Waals surface area contributed by atoms with Gasteiger partial charge in [-0.15, -0.1) is 0 Å². The van der Waals surface area contributed by atoms with Crippen LogP contribution >= 0.6 is 0 Å². The van der Waals surface area contributed by atoms with Crippen LogP contribution in [0, 0.1) is 5.41 Å². The zero-order valence-corrected chi connectivity index (χ0v) is 12.2. The highest BCUT2D eigenvalue weighted by Crippen LogP contribution is 2.30. The molecule has 2 amide bonds. The zero-order chi connectivity index (χ0) is 14.6. The Morgan fingerprint density at radius 3 is 2.00 bits per heavy atom. The largest absolute Gasteiger partial charge is 0.368 e. The van der Waals surface area contributed by atoms with Crippen LogP contribution in [0.3, 0.4) is 0 Å². The van der Waals surface area contributed by atoms with Crippen LogP contribution in [0.4, 0.5) is 0 Å². The Labute approximate surface area is 110 Å². The van der Waals surface area contributed by atoms with Gasteiger partial charge in [0.15, 0.2) is 0 Å². The zero-order valence-electron chi connectivity index (χ0n) is 12.2. The monoisotopic (exact) mass is 257 g/mol. The van der Waals surface area contributed by atoms with Gasteiger partial charge >= 0.3 is 0 Å². The summed E-state index contributed by atoms with van der Waals surface area (Å²) in [4.78, 5) is 25.1. The van der Waals surface area contributed by atoms with Gasteiger partial charge in [-0.3, -0.25) is 9.59 Å². The summed E-state index contributed by atoms with van der Waals surface area (Å²) in [6, 6.07) is 0.